The standard InChI is InChI=1S/C30H22N2/c1-3-7-19(8-4-1)11-23-13-21-15-25-27(17-29(21)31-23)26-16-22-14-24(32-30(22)18-28(25)26)12-20-9-5-2-6-10-20/h1-10,13-18,31-32H,11-12H2. The molecule has 2 nitrogen and oxygen atoms in total. The predicted molar refractivity (Wildman–Crippen MR) is 133 cm³/mol. The van der Waals surface area contributed by atoms with Crippen LogP contribution in [0.5, 0.6) is 0 Å². The van der Waals surface area contributed by atoms with Crippen molar-refractivity contribution < 1.29 is 0 Å². The molecule has 7 rings (SSSR count). The molecular formula is C30H22N2. The Bertz CT molecular complexity index is 1390. The van der Waals surface area contributed by atoms with Crippen LogP contribution >= 0.6 is 0 Å². The summed E-state index contributed by atoms with van der Waals surface area (Å²) in [6, 6.07) is 35.2. The average molecular weight is 411 g/mol. The lowest BCUT2D eigenvalue weighted by Gasteiger charge is -2.24. The molecule has 32 heavy (non-hydrogen) atoms. The Balaban J connectivity index is 1.24. The molecule has 1 aliphatic rings. The Hall–Kier alpha value is -4.04. The second kappa shape index (κ2) is 6.73. The maximum absolute atomic E-state index is 3.64. The van der Waals surface area contributed by atoms with E-state index in [2.05, 4.69) is 107 Å². The van der Waals surface area contributed by atoms with Gasteiger partial charge in [0.1, 0.15) is 0 Å². The molecule has 0 saturated heterocycles. The zero-order valence-electron chi connectivity index (χ0n) is 17.7. The zero-order valence-corrected chi connectivity index (χ0v) is 17.7. The van der Waals surface area contributed by atoms with Crippen LogP contribution in [-0.4, -0.2) is 9.97 Å². The summed E-state index contributed by atoms with van der Waals surface area (Å²) >= 11 is 0. The second-order valence-electron chi connectivity index (χ2n) is 8.88. The third kappa shape index (κ3) is 2.80. The van der Waals surface area contributed by atoms with Crippen molar-refractivity contribution in [1.82, 2.24) is 9.97 Å². The van der Waals surface area contributed by atoms with E-state index >= 15 is 0 Å². The van der Waals surface area contributed by atoms with Gasteiger partial charge in [-0.1, -0.05) is 60.7 Å². The molecule has 0 atom stereocenters. The minimum absolute atomic E-state index is 0.931. The monoisotopic (exact) mass is 410 g/mol. The molecule has 2 heterocycles. The Morgan fingerprint density at radius 3 is 1.28 bits per heavy atom. The Kier molecular flexibility index (Phi) is 3.71. The maximum atomic E-state index is 3.64. The molecule has 6 aromatic rings. The molecule has 0 radical (unpaired) electrons. The summed E-state index contributed by atoms with van der Waals surface area (Å²) in [5, 5.41) is 2.58. The molecule has 0 spiro atoms. The van der Waals surface area contributed by atoms with Crippen LogP contribution in [0.15, 0.2) is 97.1 Å². The first-order chi connectivity index (χ1) is 15.8. The number of aromatic nitrogens is 2. The molecule has 0 saturated carbocycles. The van der Waals surface area contributed by atoms with Crippen molar-refractivity contribution >= 4 is 21.8 Å². The number of H-pyrrole nitrogens is 2. The van der Waals surface area contributed by atoms with Crippen LogP contribution in [0.3, 0.4) is 0 Å². The summed E-state index contributed by atoms with van der Waals surface area (Å²) < 4.78 is 0. The van der Waals surface area contributed by atoms with E-state index in [1.165, 1.54) is 66.6 Å². The van der Waals surface area contributed by atoms with Crippen molar-refractivity contribution in [3.63, 3.8) is 0 Å². The van der Waals surface area contributed by atoms with Crippen molar-refractivity contribution in [1.29, 1.82) is 0 Å². The smallest absolute Gasteiger partial charge is 0.0462 e. The van der Waals surface area contributed by atoms with E-state index in [1.54, 1.807) is 0 Å². The van der Waals surface area contributed by atoms with Crippen molar-refractivity contribution in [2.45, 2.75) is 12.8 Å². The lowest BCUT2D eigenvalue weighted by Crippen LogP contribution is -1.98. The van der Waals surface area contributed by atoms with Crippen molar-refractivity contribution in [2.75, 3.05) is 0 Å². The van der Waals surface area contributed by atoms with Crippen LogP contribution < -0.4 is 0 Å². The normalized spacial score (nSPS) is 12.0. The second-order valence-corrected chi connectivity index (χ2v) is 8.88. The van der Waals surface area contributed by atoms with E-state index in [9.17, 15) is 0 Å². The fourth-order valence-electron chi connectivity index (χ4n) is 5.13. The highest BCUT2D eigenvalue weighted by Gasteiger charge is 2.24. The number of rotatable bonds is 4. The van der Waals surface area contributed by atoms with Gasteiger partial charge in [-0.05, 0) is 69.8 Å². The summed E-state index contributed by atoms with van der Waals surface area (Å²) in [6.07, 6.45) is 1.86. The van der Waals surface area contributed by atoms with E-state index in [1.807, 2.05) is 0 Å². The third-order valence-electron chi connectivity index (χ3n) is 6.68. The molecule has 4 aromatic carbocycles. The Labute approximate surface area is 186 Å². The number of hydrogen-bond acceptors (Lipinski definition) is 0. The van der Waals surface area contributed by atoms with Gasteiger partial charge in [0.25, 0.3) is 0 Å². The average Bonchev–Trinajstić information content (AvgIpc) is 3.40. The topological polar surface area (TPSA) is 31.6 Å². The van der Waals surface area contributed by atoms with Crippen molar-refractivity contribution in [2.24, 2.45) is 0 Å². The highest BCUT2D eigenvalue weighted by Crippen LogP contribution is 2.50. The number of hydrogen-bond donors (Lipinski definition) is 2. The number of nitrogens with one attached hydrogen (secondary N) is 2. The van der Waals surface area contributed by atoms with Gasteiger partial charge in [0, 0.05) is 46.0 Å². The molecule has 0 unspecified atom stereocenters. The molecule has 0 aliphatic heterocycles. The fourth-order valence-corrected chi connectivity index (χ4v) is 5.13. The molecule has 0 bridgehead atoms. The fraction of sp³-hybridized carbons (Fsp3) is 0.0667. The van der Waals surface area contributed by atoms with Gasteiger partial charge in [-0.3, -0.25) is 0 Å². The van der Waals surface area contributed by atoms with Gasteiger partial charge in [-0.2, -0.15) is 0 Å². The first-order valence-electron chi connectivity index (χ1n) is 11.2. The van der Waals surface area contributed by atoms with Gasteiger partial charge < -0.3 is 9.97 Å². The predicted octanol–water partition coefficient (Wildman–Crippen LogP) is 7.48. The molecule has 2 N–H and O–H groups in total. The quantitative estimate of drug-likeness (QED) is 0.301. The van der Waals surface area contributed by atoms with Gasteiger partial charge in [0.2, 0.25) is 0 Å². The Morgan fingerprint density at radius 1 is 0.438 bits per heavy atom. The molecule has 1 aliphatic carbocycles. The first-order valence-corrected chi connectivity index (χ1v) is 11.2. The van der Waals surface area contributed by atoms with Crippen LogP contribution in [0, 0.1) is 0 Å². The summed E-state index contributed by atoms with van der Waals surface area (Å²) in [5.41, 5.74) is 13.1. The third-order valence-corrected chi connectivity index (χ3v) is 6.68. The highest BCUT2D eigenvalue weighted by atomic mass is 14.7. The number of aromatic amines is 2. The van der Waals surface area contributed by atoms with Crippen LogP contribution in [0.2, 0.25) is 0 Å². The number of benzene rings is 4. The molecule has 0 amide bonds. The van der Waals surface area contributed by atoms with E-state index in [0.29, 0.717) is 0 Å². The molecule has 2 heteroatoms. The Morgan fingerprint density at radius 2 is 0.844 bits per heavy atom. The molecule has 2 aromatic heterocycles. The van der Waals surface area contributed by atoms with E-state index < -0.39 is 0 Å². The summed E-state index contributed by atoms with van der Waals surface area (Å²) in [5.74, 6) is 0. The highest BCUT2D eigenvalue weighted by molar-refractivity contribution is 6.11. The molecule has 0 fully saturated rings. The summed E-state index contributed by atoms with van der Waals surface area (Å²) in [4.78, 5) is 7.28. The summed E-state index contributed by atoms with van der Waals surface area (Å²) in [6.45, 7) is 0. The zero-order chi connectivity index (χ0) is 21.1. The van der Waals surface area contributed by atoms with Gasteiger partial charge >= 0.3 is 0 Å². The maximum Gasteiger partial charge on any atom is 0.0462 e. The van der Waals surface area contributed by atoms with Gasteiger partial charge in [-0.15, -0.1) is 0 Å². The van der Waals surface area contributed by atoms with E-state index in [-0.39, 0.29) is 0 Å². The number of fused-ring (bicyclic) bond motifs is 6. The minimum Gasteiger partial charge on any atom is -0.358 e. The van der Waals surface area contributed by atoms with Crippen LogP contribution in [0.1, 0.15) is 22.5 Å². The minimum atomic E-state index is 0.931. The van der Waals surface area contributed by atoms with Gasteiger partial charge in [0.05, 0.1) is 0 Å². The molecule has 152 valence electrons. The van der Waals surface area contributed by atoms with E-state index in [0.717, 1.165) is 12.8 Å². The van der Waals surface area contributed by atoms with Crippen molar-refractivity contribution in [3.05, 3.63) is 120 Å². The lowest BCUT2D eigenvalue weighted by atomic mass is 9.79. The SMILES string of the molecule is c1ccc(Cc2cc3cc4c(cc3[nH]2)-c2cc3cc(Cc5ccccc5)[nH]c3cc2-4)cc1. The first kappa shape index (κ1) is 17.6. The van der Waals surface area contributed by atoms with Crippen molar-refractivity contribution in [3.8, 4) is 22.3 Å². The molecular weight excluding hydrogens is 388 g/mol. The van der Waals surface area contributed by atoms with E-state index in [4.69, 9.17) is 0 Å². The van der Waals surface area contributed by atoms with Gasteiger partial charge in [-0.25, -0.2) is 0 Å². The van der Waals surface area contributed by atoms with Crippen LogP contribution in [-0.2, 0) is 12.8 Å². The largest absolute Gasteiger partial charge is 0.358 e. The van der Waals surface area contributed by atoms with Crippen LogP contribution in [0.25, 0.3) is 44.1 Å². The summed E-state index contributed by atoms with van der Waals surface area (Å²) in [7, 11) is 0. The van der Waals surface area contributed by atoms with Gasteiger partial charge in [0.15, 0.2) is 0 Å². The van der Waals surface area contributed by atoms with Crippen LogP contribution in [0.4, 0.5) is 0 Å². The lowest BCUT2D eigenvalue weighted by molar-refractivity contribution is 1.12.